The van der Waals surface area contributed by atoms with Crippen molar-refractivity contribution in [3.05, 3.63) is 35.9 Å². The van der Waals surface area contributed by atoms with Crippen LogP contribution in [0.5, 0.6) is 0 Å². The van der Waals surface area contributed by atoms with Gasteiger partial charge in [-0.05, 0) is 57.2 Å². The molecule has 1 unspecified atom stereocenters. The van der Waals surface area contributed by atoms with E-state index in [9.17, 15) is 4.79 Å². The van der Waals surface area contributed by atoms with E-state index in [2.05, 4.69) is 35.2 Å². The molecule has 1 aliphatic heterocycles. The normalized spacial score (nSPS) is 19.5. The van der Waals surface area contributed by atoms with E-state index < -0.39 is 5.97 Å². The second-order valence-corrected chi connectivity index (χ2v) is 6.06. The Bertz CT molecular complexity index is 418. The first-order valence-electron chi connectivity index (χ1n) is 8.25. The smallest absolute Gasteiger partial charge is 0.303 e. The van der Waals surface area contributed by atoms with Crippen LogP contribution in [0.15, 0.2) is 30.3 Å². The molecule has 0 radical (unpaired) electrons. The minimum absolute atomic E-state index is 0.311. The van der Waals surface area contributed by atoms with Crippen molar-refractivity contribution in [1.29, 1.82) is 0 Å². The van der Waals surface area contributed by atoms with Crippen molar-refractivity contribution in [2.45, 2.75) is 57.4 Å². The van der Waals surface area contributed by atoms with Gasteiger partial charge in [-0.3, -0.25) is 4.79 Å². The number of carbonyl (C=O) groups is 1. The van der Waals surface area contributed by atoms with Crippen LogP contribution < -0.4 is 0 Å². The predicted octanol–water partition coefficient (Wildman–Crippen LogP) is 3.73. The molecule has 1 aromatic rings. The Morgan fingerprint density at radius 1 is 1.19 bits per heavy atom. The fraction of sp³-hybridized carbons (Fsp3) is 0.611. The van der Waals surface area contributed by atoms with Gasteiger partial charge < -0.3 is 10.0 Å². The number of carboxylic acid groups (broad SMARTS) is 1. The molecule has 3 nitrogen and oxygen atoms in total. The van der Waals surface area contributed by atoms with Crippen molar-refractivity contribution >= 4 is 5.97 Å². The van der Waals surface area contributed by atoms with Crippen molar-refractivity contribution in [2.24, 2.45) is 0 Å². The van der Waals surface area contributed by atoms with Gasteiger partial charge in [-0.1, -0.05) is 36.8 Å². The van der Waals surface area contributed by atoms with E-state index in [4.69, 9.17) is 5.11 Å². The Morgan fingerprint density at radius 3 is 2.76 bits per heavy atom. The molecule has 0 saturated carbocycles. The van der Waals surface area contributed by atoms with Gasteiger partial charge in [-0.2, -0.15) is 0 Å². The summed E-state index contributed by atoms with van der Waals surface area (Å²) in [6.45, 7) is 2.27. The van der Waals surface area contributed by atoms with Crippen LogP contribution in [0.1, 0.15) is 50.5 Å². The van der Waals surface area contributed by atoms with Gasteiger partial charge in [0.1, 0.15) is 0 Å². The molecule has 1 heterocycles. The number of aryl methyl sites for hydroxylation is 1. The van der Waals surface area contributed by atoms with Crippen LogP contribution in [0.25, 0.3) is 0 Å². The summed E-state index contributed by atoms with van der Waals surface area (Å²) in [6, 6.07) is 11.1. The van der Waals surface area contributed by atoms with Gasteiger partial charge in [0.15, 0.2) is 0 Å². The molecule has 0 spiro atoms. The Hall–Kier alpha value is -1.35. The number of piperidine rings is 1. The first-order valence-corrected chi connectivity index (χ1v) is 8.25. The standard InChI is InChI=1S/C18H27NO2/c20-18(21)13-12-17-11-5-7-15-19(17)14-6-4-10-16-8-2-1-3-9-16/h1-3,8-9,17H,4-7,10-15H2,(H,20,21). The first-order chi connectivity index (χ1) is 10.3. The number of carboxylic acids is 1. The number of hydrogen-bond acceptors (Lipinski definition) is 2. The number of likely N-dealkylation sites (tertiary alicyclic amines) is 1. The van der Waals surface area contributed by atoms with E-state index in [1.54, 1.807) is 0 Å². The largest absolute Gasteiger partial charge is 0.481 e. The summed E-state index contributed by atoms with van der Waals surface area (Å²) in [6.07, 6.45) is 8.39. The molecular formula is C18H27NO2. The molecule has 116 valence electrons. The highest BCUT2D eigenvalue weighted by atomic mass is 16.4. The molecule has 0 amide bonds. The summed E-state index contributed by atoms with van der Waals surface area (Å²) in [5.41, 5.74) is 1.42. The third kappa shape index (κ3) is 5.88. The van der Waals surface area contributed by atoms with Gasteiger partial charge in [0.05, 0.1) is 0 Å². The SMILES string of the molecule is O=C(O)CCC1CCCCN1CCCCc1ccccc1. The van der Waals surface area contributed by atoms with E-state index in [1.165, 1.54) is 37.7 Å². The molecule has 1 aliphatic rings. The lowest BCUT2D eigenvalue weighted by molar-refractivity contribution is -0.137. The fourth-order valence-electron chi connectivity index (χ4n) is 3.26. The molecule has 1 fully saturated rings. The van der Waals surface area contributed by atoms with Crippen LogP contribution in [-0.4, -0.2) is 35.1 Å². The van der Waals surface area contributed by atoms with Crippen LogP contribution in [0.3, 0.4) is 0 Å². The minimum atomic E-state index is -0.662. The number of benzene rings is 1. The Labute approximate surface area is 128 Å². The topological polar surface area (TPSA) is 40.5 Å². The van der Waals surface area contributed by atoms with Crippen molar-refractivity contribution < 1.29 is 9.90 Å². The summed E-state index contributed by atoms with van der Waals surface area (Å²) in [5.74, 6) is -0.662. The lowest BCUT2D eigenvalue weighted by Crippen LogP contribution is -2.40. The van der Waals surface area contributed by atoms with Crippen molar-refractivity contribution in [3.63, 3.8) is 0 Å². The maximum atomic E-state index is 10.7. The van der Waals surface area contributed by atoms with Gasteiger partial charge >= 0.3 is 5.97 Å². The van der Waals surface area contributed by atoms with Crippen LogP contribution in [0.2, 0.25) is 0 Å². The third-order valence-corrected chi connectivity index (χ3v) is 4.44. The monoisotopic (exact) mass is 289 g/mol. The summed E-state index contributed by atoms with van der Waals surface area (Å²) in [5, 5.41) is 8.85. The molecular weight excluding hydrogens is 262 g/mol. The lowest BCUT2D eigenvalue weighted by atomic mass is 9.97. The van der Waals surface area contributed by atoms with Crippen LogP contribution in [0.4, 0.5) is 0 Å². The maximum absolute atomic E-state index is 10.7. The predicted molar refractivity (Wildman–Crippen MR) is 85.5 cm³/mol. The zero-order chi connectivity index (χ0) is 14.9. The van der Waals surface area contributed by atoms with E-state index in [1.807, 2.05) is 0 Å². The molecule has 21 heavy (non-hydrogen) atoms. The molecule has 1 saturated heterocycles. The van der Waals surface area contributed by atoms with Gasteiger partial charge in [0.2, 0.25) is 0 Å². The molecule has 0 aliphatic carbocycles. The highest BCUT2D eigenvalue weighted by molar-refractivity contribution is 5.66. The number of unbranched alkanes of at least 4 members (excludes halogenated alkanes) is 1. The van der Waals surface area contributed by atoms with Crippen LogP contribution in [0, 0.1) is 0 Å². The first kappa shape index (κ1) is 16.0. The highest BCUT2D eigenvalue weighted by Gasteiger charge is 2.22. The number of nitrogens with zero attached hydrogens (tertiary/aromatic N) is 1. The number of rotatable bonds is 8. The molecule has 1 aromatic carbocycles. The second-order valence-electron chi connectivity index (χ2n) is 6.06. The molecule has 3 heteroatoms. The molecule has 0 bridgehead atoms. The van der Waals surface area contributed by atoms with E-state index >= 15 is 0 Å². The van der Waals surface area contributed by atoms with Crippen molar-refractivity contribution in [2.75, 3.05) is 13.1 Å². The average Bonchev–Trinajstić information content (AvgIpc) is 2.51. The Balaban J connectivity index is 1.68. The quantitative estimate of drug-likeness (QED) is 0.741. The molecule has 1 N–H and O–H groups in total. The molecule has 2 rings (SSSR count). The average molecular weight is 289 g/mol. The van der Waals surface area contributed by atoms with Crippen LogP contribution >= 0.6 is 0 Å². The van der Waals surface area contributed by atoms with E-state index in [0.29, 0.717) is 12.5 Å². The number of hydrogen-bond donors (Lipinski definition) is 1. The highest BCUT2D eigenvalue weighted by Crippen LogP contribution is 2.21. The number of aliphatic carboxylic acids is 1. The van der Waals surface area contributed by atoms with Gasteiger partial charge in [0.25, 0.3) is 0 Å². The van der Waals surface area contributed by atoms with E-state index in [0.717, 1.165) is 25.9 Å². The van der Waals surface area contributed by atoms with E-state index in [-0.39, 0.29) is 0 Å². The van der Waals surface area contributed by atoms with Crippen LogP contribution in [-0.2, 0) is 11.2 Å². The third-order valence-electron chi connectivity index (χ3n) is 4.44. The van der Waals surface area contributed by atoms with Gasteiger partial charge in [-0.15, -0.1) is 0 Å². The summed E-state index contributed by atoms with van der Waals surface area (Å²) < 4.78 is 0. The zero-order valence-corrected chi connectivity index (χ0v) is 12.8. The van der Waals surface area contributed by atoms with Gasteiger partial charge in [-0.25, -0.2) is 0 Å². The second kappa shape index (κ2) is 8.83. The molecule has 1 atom stereocenters. The van der Waals surface area contributed by atoms with Crippen molar-refractivity contribution in [1.82, 2.24) is 4.90 Å². The Kier molecular flexibility index (Phi) is 6.74. The summed E-state index contributed by atoms with van der Waals surface area (Å²) in [7, 11) is 0. The van der Waals surface area contributed by atoms with Crippen molar-refractivity contribution in [3.8, 4) is 0 Å². The minimum Gasteiger partial charge on any atom is -0.481 e. The van der Waals surface area contributed by atoms with Gasteiger partial charge in [0, 0.05) is 12.5 Å². The zero-order valence-electron chi connectivity index (χ0n) is 12.8. The Morgan fingerprint density at radius 2 is 2.00 bits per heavy atom. The summed E-state index contributed by atoms with van der Waals surface area (Å²) in [4.78, 5) is 13.3. The maximum Gasteiger partial charge on any atom is 0.303 e. The molecule has 0 aromatic heterocycles. The summed E-state index contributed by atoms with van der Waals surface area (Å²) >= 11 is 0. The fourth-order valence-corrected chi connectivity index (χ4v) is 3.26. The lowest BCUT2D eigenvalue weighted by Gasteiger charge is -2.35.